The highest BCUT2D eigenvalue weighted by Gasteiger charge is 2.35. The molecule has 5 rings (SSSR count). The van der Waals surface area contributed by atoms with Crippen LogP contribution >= 0.6 is 11.6 Å². The van der Waals surface area contributed by atoms with Gasteiger partial charge in [-0.25, -0.2) is 9.37 Å². The summed E-state index contributed by atoms with van der Waals surface area (Å²) >= 11 is 6.16. The standard InChI is InChI=1S/C30H23ClFN3O3/c31-23-10-13-25-22(16-23)17-27(36)26(15-19-6-11-24(32)12-7-19)35(30(25)38)18-20-4-8-21(9-5-20)29(37)34-28-3-1-2-14-33-28/h1-14,16,26H,15,17-18H2,(H,33,34,37)/t26-/m1/s1. The summed E-state index contributed by atoms with van der Waals surface area (Å²) in [6.07, 6.45) is 1.90. The van der Waals surface area contributed by atoms with Crippen molar-refractivity contribution in [1.82, 2.24) is 9.88 Å². The minimum atomic E-state index is -0.758. The highest BCUT2D eigenvalue weighted by molar-refractivity contribution is 6.30. The van der Waals surface area contributed by atoms with Gasteiger partial charge in [0, 0.05) is 35.3 Å². The van der Waals surface area contributed by atoms with Gasteiger partial charge in [-0.15, -0.1) is 0 Å². The lowest BCUT2D eigenvalue weighted by Crippen LogP contribution is -2.44. The minimum Gasteiger partial charge on any atom is -0.324 e. The van der Waals surface area contributed by atoms with Gasteiger partial charge in [-0.3, -0.25) is 14.4 Å². The number of hydrogen-bond donors (Lipinski definition) is 1. The average molecular weight is 528 g/mol. The summed E-state index contributed by atoms with van der Waals surface area (Å²) in [6, 6.07) is 22.2. The van der Waals surface area contributed by atoms with Crippen LogP contribution in [0.1, 0.15) is 37.4 Å². The summed E-state index contributed by atoms with van der Waals surface area (Å²) in [6.45, 7) is 0.153. The molecule has 0 bridgehead atoms. The fraction of sp³-hybridized carbons (Fsp3) is 0.133. The molecule has 1 aromatic heterocycles. The zero-order valence-electron chi connectivity index (χ0n) is 20.2. The molecule has 0 aliphatic carbocycles. The maximum atomic E-state index is 13.7. The first-order chi connectivity index (χ1) is 18.4. The molecule has 190 valence electrons. The summed E-state index contributed by atoms with van der Waals surface area (Å²) < 4.78 is 13.5. The summed E-state index contributed by atoms with van der Waals surface area (Å²) in [5.74, 6) is -0.654. The summed E-state index contributed by atoms with van der Waals surface area (Å²) in [7, 11) is 0. The lowest BCUT2D eigenvalue weighted by Gasteiger charge is -2.29. The first kappa shape index (κ1) is 25.3. The SMILES string of the molecule is O=C(Nc1ccccn1)c1ccc(CN2C(=O)c3ccc(Cl)cc3CC(=O)[C@H]2Cc2ccc(F)cc2)cc1. The number of benzene rings is 3. The Balaban J connectivity index is 1.42. The van der Waals surface area contributed by atoms with Crippen molar-refractivity contribution >= 4 is 35.0 Å². The van der Waals surface area contributed by atoms with E-state index in [9.17, 15) is 18.8 Å². The van der Waals surface area contributed by atoms with Gasteiger partial charge in [0.25, 0.3) is 11.8 Å². The van der Waals surface area contributed by atoms with Gasteiger partial charge in [-0.1, -0.05) is 41.9 Å². The lowest BCUT2D eigenvalue weighted by atomic mass is 9.97. The number of Topliss-reactive ketones (excluding diaryl/α,β-unsaturated/α-hetero) is 1. The van der Waals surface area contributed by atoms with Crippen molar-refractivity contribution in [3.8, 4) is 0 Å². The zero-order valence-corrected chi connectivity index (χ0v) is 21.0. The molecule has 0 saturated heterocycles. The molecule has 4 aromatic rings. The second kappa shape index (κ2) is 10.9. The smallest absolute Gasteiger partial charge is 0.256 e. The Morgan fingerprint density at radius 1 is 0.974 bits per heavy atom. The Kier molecular flexibility index (Phi) is 7.29. The number of rotatable bonds is 6. The third-order valence-corrected chi connectivity index (χ3v) is 6.72. The van der Waals surface area contributed by atoms with E-state index in [1.165, 1.54) is 12.1 Å². The van der Waals surface area contributed by atoms with Crippen LogP contribution in [0.5, 0.6) is 0 Å². The number of anilines is 1. The molecule has 1 atom stereocenters. The number of aromatic nitrogens is 1. The molecule has 8 heteroatoms. The first-order valence-electron chi connectivity index (χ1n) is 12.1. The Bertz CT molecular complexity index is 1490. The number of nitrogens with one attached hydrogen (secondary N) is 1. The number of fused-ring (bicyclic) bond motifs is 1. The number of halogens is 2. The van der Waals surface area contributed by atoms with Crippen molar-refractivity contribution in [2.45, 2.75) is 25.4 Å². The van der Waals surface area contributed by atoms with E-state index in [-0.39, 0.29) is 42.8 Å². The summed E-state index contributed by atoms with van der Waals surface area (Å²) in [5, 5.41) is 3.19. The van der Waals surface area contributed by atoms with Crippen molar-refractivity contribution in [3.05, 3.63) is 130 Å². The number of pyridine rings is 1. The van der Waals surface area contributed by atoms with Crippen molar-refractivity contribution in [1.29, 1.82) is 0 Å². The Morgan fingerprint density at radius 2 is 1.71 bits per heavy atom. The van der Waals surface area contributed by atoms with Gasteiger partial charge >= 0.3 is 0 Å². The molecule has 38 heavy (non-hydrogen) atoms. The molecule has 1 N–H and O–H groups in total. The molecule has 0 saturated carbocycles. The van der Waals surface area contributed by atoms with Gasteiger partial charge in [0.2, 0.25) is 0 Å². The van der Waals surface area contributed by atoms with Crippen LogP contribution in [0.2, 0.25) is 5.02 Å². The van der Waals surface area contributed by atoms with Crippen molar-refractivity contribution in [3.63, 3.8) is 0 Å². The third kappa shape index (κ3) is 5.63. The fourth-order valence-corrected chi connectivity index (χ4v) is 4.72. The van der Waals surface area contributed by atoms with Gasteiger partial charge in [-0.2, -0.15) is 0 Å². The molecule has 0 radical (unpaired) electrons. The van der Waals surface area contributed by atoms with Crippen LogP contribution in [0.15, 0.2) is 91.1 Å². The van der Waals surface area contributed by atoms with Crippen LogP contribution in [-0.2, 0) is 24.2 Å². The van der Waals surface area contributed by atoms with E-state index < -0.39 is 6.04 Å². The van der Waals surface area contributed by atoms with E-state index in [2.05, 4.69) is 10.3 Å². The highest BCUT2D eigenvalue weighted by Crippen LogP contribution is 2.27. The number of ketones is 1. The normalized spacial score (nSPS) is 15.1. The predicted molar refractivity (Wildman–Crippen MR) is 143 cm³/mol. The van der Waals surface area contributed by atoms with Gasteiger partial charge in [-0.05, 0) is 77.7 Å². The fourth-order valence-electron chi connectivity index (χ4n) is 4.53. The Labute approximate surface area is 224 Å². The molecule has 1 aliphatic heterocycles. The van der Waals surface area contributed by atoms with Crippen LogP contribution in [0, 0.1) is 5.82 Å². The van der Waals surface area contributed by atoms with Gasteiger partial charge in [0.05, 0.1) is 6.04 Å². The molecule has 2 amide bonds. The second-order valence-electron chi connectivity index (χ2n) is 9.09. The summed E-state index contributed by atoms with van der Waals surface area (Å²) in [4.78, 5) is 45.4. The van der Waals surface area contributed by atoms with E-state index in [4.69, 9.17) is 11.6 Å². The maximum Gasteiger partial charge on any atom is 0.256 e. The Morgan fingerprint density at radius 3 is 2.42 bits per heavy atom. The molecule has 0 fully saturated rings. The molecule has 3 aromatic carbocycles. The van der Waals surface area contributed by atoms with Crippen LogP contribution in [0.25, 0.3) is 0 Å². The van der Waals surface area contributed by atoms with Crippen LogP contribution in [0.4, 0.5) is 10.2 Å². The van der Waals surface area contributed by atoms with Crippen molar-refractivity contribution < 1.29 is 18.8 Å². The monoisotopic (exact) mass is 527 g/mol. The summed E-state index contributed by atoms with van der Waals surface area (Å²) in [5.41, 5.74) is 2.94. The zero-order chi connectivity index (χ0) is 26.6. The number of amides is 2. The number of carbonyl (C=O) groups is 3. The molecule has 6 nitrogen and oxygen atoms in total. The van der Waals surface area contributed by atoms with Crippen molar-refractivity contribution in [2.75, 3.05) is 5.32 Å². The lowest BCUT2D eigenvalue weighted by molar-refractivity contribution is -0.122. The number of nitrogens with zero attached hydrogens (tertiary/aromatic N) is 2. The van der Waals surface area contributed by atoms with E-state index >= 15 is 0 Å². The van der Waals surface area contributed by atoms with Crippen molar-refractivity contribution in [2.24, 2.45) is 0 Å². The third-order valence-electron chi connectivity index (χ3n) is 6.49. The molecule has 1 aliphatic rings. The first-order valence-corrected chi connectivity index (χ1v) is 12.4. The second-order valence-corrected chi connectivity index (χ2v) is 9.53. The topological polar surface area (TPSA) is 79.4 Å². The van der Waals surface area contributed by atoms with Gasteiger partial charge in [0.15, 0.2) is 5.78 Å². The molecule has 2 heterocycles. The van der Waals surface area contributed by atoms with Gasteiger partial charge in [0.1, 0.15) is 11.6 Å². The van der Waals surface area contributed by atoms with Crippen LogP contribution < -0.4 is 5.32 Å². The average Bonchev–Trinajstić information content (AvgIpc) is 3.00. The maximum absolute atomic E-state index is 13.7. The minimum absolute atomic E-state index is 0.0661. The molecular weight excluding hydrogens is 505 g/mol. The van der Waals surface area contributed by atoms with E-state index in [1.807, 2.05) is 0 Å². The molecule has 0 spiro atoms. The quantitative estimate of drug-likeness (QED) is 0.359. The van der Waals surface area contributed by atoms with E-state index in [0.717, 1.165) is 11.1 Å². The number of hydrogen-bond acceptors (Lipinski definition) is 4. The van der Waals surface area contributed by atoms with E-state index in [1.54, 1.807) is 83.9 Å². The predicted octanol–water partition coefficient (Wildman–Crippen LogP) is 5.51. The number of carbonyl (C=O) groups excluding carboxylic acids is 3. The van der Waals surface area contributed by atoms with Crippen LogP contribution in [0.3, 0.4) is 0 Å². The molecular formula is C30H23ClFN3O3. The highest BCUT2D eigenvalue weighted by atomic mass is 35.5. The van der Waals surface area contributed by atoms with E-state index in [0.29, 0.717) is 27.5 Å². The largest absolute Gasteiger partial charge is 0.324 e. The van der Waals surface area contributed by atoms with Crippen LogP contribution in [-0.4, -0.2) is 33.5 Å². The van der Waals surface area contributed by atoms with Gasteiger partial charge < -0.3 is 10.2 Å². The Hall–Kier alpha value is -4.36. The molecule has 0 unspecified atom stereocenters.